The molecule has 0 spiro atoms. The molecule has 1 unspecified atom stereocenters. The van der Waals surface area contributed by atoms with Crippen LogP contribution in [0.1, 0.15) is 30.9 Å². The number of nitrogens with one attached hydrogen (secondary N) is 2. The van der Waals surface area contributed by atoms with Crippen LogP contribution >= 0.6 is 0 Å². The molecule has 2 rings (SSSR count). The zero-order valence-electron chi connectivity index (χ0n) is 11.4. The Morgan fingerprint density at radius 2 is 2.05 bits per heavy atom. The number of amides is 1. The number of carbonyl (C=O) groups excluding carboxylic acids is 1. The fraction of sp³-hybridized carbons (Fsp3) is 0.533. The Labute approximate surface area is 114 Å². The number of hydrogen-bond donors (Lipinski definition) is 3. The Bertz CT molecular complexity index is 422. The number of carbonyl (C=O) groups is 1. The van der Waals surface area contributed by atoms with Crippen LogP contribution in [0.4, 0.5) is 0 Å². The molecule has 0 aliphatic carbocycles. The summed E-state index contributed by atoms with van der Waals surface area (Å²) in [4.78, 5) is 12.2. The minimum absolute atomic E-state index is 0.0520. The fourth-order valence-corrected chi connectivity index (χ4v) is 2.41. The third kappa shape index (κ3) is 3.55. The van der Waals surface area contributed by atoms with Crippen LogP contribution < -0.4 is 10.6 Å². The summed E-state index contributed by atoms with van der Waals surface area (Å²) in [6, 6.07) is 7.64. The van der Waals surface area contributed by atoms with Gasteiger partial charge in [0.15, 0.2) is 0 Å². The maximum Gasteiger partial charge on any atom is 0.227 e. The molecule has 1 heterocycles. The largest absolute Gasteiger partial charge is 0.392 e. The average Bonchev–Trinajstić information content (AvgIpc) is 2.46. The highest BCUT2D eigenvalue weighted by molar-refractivity contribution is 5.82. The number of aliphatic hydroxyl groups is 1. The third-order valence-electron chi connectivity index (χ3n) is 3.80. The molecule has 4 heteroatoms. The summed E-state index contributed by atoms with van der Waals surface area (Å²) >= 11 is 0. The predicted octanol–water partition coefficient (Wildman–Crippen LogP) is 1.18. The minimum Gasteiger partial charge on any atom is -0.392 e. The van der Waals surface area contributed by atoms with Gasteiger partial charge in [0, 0.05) is 13.1 Å². The Hall–Kier alpha value is -1.39. The van der Waals surface area contributed by atoms with Gasteiger partial charge >= 0.3 is 0 Å². The Balaban J connectivity index is 1.88. The van der Waals surface area contributed by atoms with Crippen LogP contribution in [0.15, 0.2) is 24.3 Å². The van der Waals surface area contributed by atoms with Gasteiger partial charge in [-0.15, -0.1) is 0 Å². The molecular formula is C15H22N2O2. The molecule has 1 amide bonds. The molecule has 3 N–H and O–H groups in total. The normalized spacial score (nSPS) is 23.1. The van der Waals surface area contributed by atoms with Crippen molar-refractivity contribution in [2.45, 2.75) is 32.9 Å². The monoisotopic (exact) mass is 262 g/mol. The lowest BCUT2D eigenvalue weighted by Crippen LogP contribution is -2.48. The Morgan fingerprint density at radius 3 is 2.63 bits per heavy atom. The van der Waals surface area contributed by atoms with Gasteiger partial charge in [-0.2, -0.15) is 0 Å². The number of aliphatic hydroxyl groups excluding tert-OH is 1. The number of rotatable bonds is 4. The summed E-state index contributed by atoms with van der Waals surface area (Å²) in [5.74, 6) is 0.117. The standard InChI is InChI=1S/C15H22N2O2/c1-15(7-2-8-16-11-15)14(19)17-9-12-3-5-13(10-18)6-4-12/h3-6,16,18H,2,7-11H2,1H3,(H,17,19). The molecule has 0 aromatic heterocycles. The van der Waals surface area contributed by atoms with Crippen molar-refractivity contribution in [1.82, 2.24) is 10.6 Å². The number of hydrogen-bond acceptors (Lipinski definition) is 3. The molecule has 1 fully saturated rings. The maximum absolute atomic E-state index is 12.2. The van der Waals surface area contributed by atoms with Gasteiger partial charge in [-0.05, 0) is 37.4 Å². The number of benzene rings is 1. The molecule has 104 valence electrons. The van der Waals surface area contributed by atoms with Gasteiger partial charge in [-0.3, -0.25) is 4.79 Å². The third-order valence-corrected chi connectivity index (χ3v) is 3.80. The van der Waals surface area contributed by atoms with E-state index in [0.29, 0.717) is 6.54 Å². The Kier molecular flexibility index (Phi) is 4.56. The second-order valence-corrected chi connectivity index (χ2v) is 5.50. The number of piperidine rings is 1. The molecule has 19 heavy (non-hydrogen) atoms. The first-order valence-corrected chi connectivity index (χ1v) is 6.82. The lowest BCUT2D eigenvalue weighted by molar-refractivity contribution is -0.131. The lowest BCUT2D eigenvalue weighted by atomic mass is 9.82. The molecule has 0 radical (unpaired) electrons. The second-order valence-electron chi connectivity index (χ2n) is 5.50. The van der Waals surface area contributed by atoms with Crippen LogP contribution in [-0.2, 0) is 17.9 Å². The van der Waals surface area contributed by atoms with Crippen molar-refractivity contribution in [2.24, 2.45) is 5.41 Å². The van der Waals surface area contributed by atoms with Gasteiger partial charge in [0.1, 0.15) is 0 Å². The van der Waals surface area contributed by atoms with Crippen molar-refractivity contribution >= 4 is 5.91 Å². The Morgan fingerprint density at radius 1 is 1.37 bits per heavy atom. The van der Waals surface area contributed by atoms with Crippen molar-refractivity contribution in [2.75, 3.05) is 13.1 Å². The molecule has 1 aromatic carbocycles. The summed E-state index contributed by atoms with van der Waals surface area (Å²) < 4.78 is 0. The topological polar surface area (TPSA) is 61.4 Å². The minimum atomic E-state index is -0.288. The average molecular weight is 262 g/mol. The molecule has 0 bridgehead atoms. The SMILES string of the molecule is CC1(C(=O)NCc2ccc(CO)cc2)CCCNC1. The van der Waals surface area contributed by atoms with E-state index in [2.05, 4.69) is 10.6 Å². The highest BCUT2D eigenvalue weighted by Crippen LogP contribution is 2.25. The van der Waals surface area contributed by atoms with Crippen LogP contribution in [0, 0.1) is 5.41 Å². The van der Waals surface area contributed by atoms with E-state index in [1.807, 2.05) is 31.2 Å². The quantitative estimate of drug-likeness (QED) is 0.763. The van der Waals surface area contributed by atoms with Crippen molar-refractivity contribution in [3.05, 3.63) is 35.4 Å². The zero-order valence-corrected chi connectivity index (χ0v) is 11.4. The van der Waals surface area contributed by atoms with E-state index >= 15 is 0 Å². The summed E-state index contributed by atoms with van der Waals surface area (Å²) in [5.41, 5.74) is 1.65. The first kappa shape index (κ1) is 14.0. The summed E-state index contributed by atoms with van der Waals surface area (Å²) in [6.45, 7) is 4.37. The van der Waals surface area contributed by atoms with Crippen LogP contribution in [0.2, 0.25) is 0 Å². The van der Waals surface area contributed by atoms with Gasteiger partial charge < -0.3 is 15.7 Å². The molecule has 1 saturated heterocycles. The molecule has 1 aliphatic rings. The molecular weight excluding hydrogens is 240 g/mol. The van der Waals surface area contributed by atoms with Gasteiger partial charge in [0.05, 0.1) is 12.0 Å². The summed E-state index contributed by atoms with van der Waals surface area (Å²) in [5, 5.41) is 15.3. The van der Waals surface area contributed by atoms with Gasteiger partial charge in [0.25, 0.3) is 0 Å². The van der Waals surface area contributed by atoms with Crippen LogP contribution in [0.5, 0.6) is 0 Å². The summed E-state index contributed by atoms with van der Waals surface area (Å²) in [7, 11) is 0. The first-order chi connectivity index (χ1) is 9.14. The van der Waals surface area contributed by atoms with Crippen molar-refractivity contribution in [3.8, 4) is 0 Å². The molecule has 1 aliphatic heterocycles. The van der Waals surface area contributed by atoms with Gasteiger partial charge in [-0.25, -0.2) is 0 Å². The maximum atomic E-state index is 12.2. The zero-order chi connectivity index (χ0) is 13.7. The highest BCUT2D eigenvalue weighted by Gasteiger charge is 2.34. The smallest absolute Gasteiger partial charge is 0.227 e. The van der Waals surface area contributed by atoms with E-state index in [9.17, 15) is 4.79 Å². The van der Waals surface area contributed by atoms with Crippen LogP contribution in [0.25, 0.3) is 0 Å². The second kappa shape index (κ2) is 6.17. The first-order valence-electron chi connectivity index (χ1n) is 6.82. The predicted molar refractivity (Wildman–Crippen MR) is 74.4 cm³/mol. The molecule has 4 nitrogen and oxygen atoms in total. The highest BCUT2D eigenvalue weighted by atomic mass is 16.3. The van der Waals surface area contributed by atoms with E-state index < -0.39 is 0 Å². The van der Waals surface area contributed by atoms with Gasteiger partial charge in [-0.1, -0.05) is 24.3 Å². The lowest BCUT2D eigenvalue weighted by Gasteiger charge is -2.32. The van der Waals surface area contributed by atoms with E-state index in [-0.39, 0.29) is 17.9 Å². The summed E-state index contributed by atoms with van der Waals surface area (Å²) in [6.07, 6.45) is 1.99. The van der Waals surface area contributed by atoms with Crippen LogP contribution in [0.3, 0.4) is 0 Å². The van der Waals surface area contributed by atoms with E-state index in [1.165, 1.54) is 0 Å². The van der Waals surface area contributed by atoms with E-state index in [0.717, 1.165) is 37.1 Å². The molecule has 1 atom stereocenters. The van der Waals surface area contributed by atoms with Gasteiger partial charge in [0.2, 0.25) is 5.91 Å². The van der Waals surface area contributed by atoms with Crippen molar-refractivity contribution in [1.29, 1.82) is 0 Å². The van der Waals surface area contributed by atoms with E-state index in [4.69, 9.17) is 5.11 Å². The molecule has 1 aromatic rings. The van der Waals surface area contributed by atoms with Crippen LogP contribution in [-0.4, -0.2) is 24.1 Å². The van der Waals surface area contributed by atoms with E-state index in [1.54, 1.807) is 0 Å². The van der Waals surface area contributed by atoms with Crippen molar-refractivity contribution < 1.29 is 9.90 Å². The molecule has 0 saturated carbocycles. The fourth-order valence-electron chi connectivity index (χ4n) is 2.41. The van der Waals surface area contributed by atoms with Crippen molar-refractivity contribution in [3.63, 3.8) is 0 Å².